The first-order valence-corrected chi connectivity index (χ1v) is 8.52. The molecular formula is C18H17F5N4O2. The lowest BCUT2D eigenvalue weighted by atomic mass is 9.99. The number of ether oxygens (including phenoxy) is 1. The minimum absolute atomic E-state index is 0.0524. The molecule has 156 valence electrons. The maximum atomic E-state index is 14.3. The van der Waals surface area contributed by atoms with Crippen molar-refractivity contribution in [3.05, 3.63) is 53.4 Å². The molecule has 1 aliphatic rings. The summed E-state index contributed by atoms with van der Waals surface area (Å²) < 4.78 is 71.7. The highest BCUT2D eigenvalue weighted by Crippen LogP contribution is 2.36. The van der Waals surface area contributed by atoms with Crippen LogP contribution in [0.3, 0.4) is 0 Å². The van der Waals surface area contributed by atoms with Crippen molar-refractivity contribution in [2.75, 3.05) is 18.5 Å². The molecule has 0 unspecified atom stereocenters. The van der Waals surface area contributed by atoms with E-state index in [0.29, 0.717) is 19.1 Å². The van der Waals surface area contributed by atoms with Gasteiger partial charge in [-0.05, 0) is 24.6 Å². The second-order valence-corrected chi connectivity index (χ2v) is 6.61. The van der Waals surface area contributed by atoms with Gasteiger partial charge in [0.15, 0.2) is 0 Å². The van der Waals surface area contributed by atoms with E-state index in [4.69, 9.17) is 10.5 Å². The maximum absolute atomic E-state index is 14.3. The molecule has 1 aromatic carbocycles. The summed E-state index contributed by atoms with van der Waals surface area (Å²) in [5.74, 6) is -2.41. The van der Waals surface area contributed by atoms with Crippen LogP contribution in [0.15, 0.2) is 30.5 Å². The second kappa shape index (κ2) is 7.91. The minimum atomic E-state index is -4.80. The molecule has 3 rings (SSSR count). The van der Waals surface area contributed by atoms with E-state index in [1.165, 1.54) is 0 Å². The standard InChI is InChI=1S/C18H17F5N4O2/c19-10-1-2-14(12(5-10)18(21,22)23)27-11-6-13(20)15(25-7-11)8-26-16(28)17(24)3-4-29-9-17/h1-2,5-7,27H,3-4,8-9,24H2,(H,26,28)/t17-/m0/s1. The Morgan fingerprint density at radius 3 is 2.66 bits per heavy atom. The first kappa shape index (κ1) is 20.9. The Hall–Kier alpha value is -2.79. The van der Waals surface area contributed by atoms with Gasteiger partial charge in [0, 0.05) is 12.7 Å². The molecule has 29 heavy (non-hydrogen) atoms. The van der Waals surface area contributed by atoms with Crippen molar-refractivity contribution in [1.29, 1.82) is 0 Å². The maximum Gasteiger partial charge on any atom is 0.418 e. The van der Waals surface area contributed by atoms with Gasteiger partial charge in [-0.3, -0.25) is 9.78 Å². The number of carbonyl (C=O) groups is 1. The molecule has 6 nitrogen and oxygen atoms in total. The third kappa shape index (κ3) is 4.80. The van der Waals surface area contributed by atoms with Crippen molar-refractivity contribution in [3.63, 3.8) is 0 Å². The summed E-state index contributed by atoms with van der Waals surface area (Å²) in [6.45, 7) is 0.144. The summed E-state index contributed by atoms with van der Waals surface area (Å²) in [6.07, 6.45) is -3.37. The average Bonchev–Trinajstić information content (AvgIpc) is 3.09. The Balaban J connectivity index is 1.71. The summed E-state index contributed by atoms with van der Waals surface area (Å²) in [4.78, 5) is 15.9. The smallest absolute Gasteiger partial charge is 0.379 e. The SMILES string of the molecule is N[C@@]1(C(=O)NCc2ncc(Nc3ccc(F)cc3C(F)(F)F)cc2F)CCOC1. The molecule has 0 saturated carbocycles. The van der Waals surface area contributed by atoms with E-state index in [2.05, 4.69) is 15.6 Å². The van der Waals surface area contributed by atoms with Crippen LogP contribution in [0.25, 0.3) is 0 Å². The Morgan fingerprint density at radius 1 is 1.28 bits per heavy atom. The van der Waals surface area contributed by atoms with E-state index in [1.807, 2.05) is 0 Å². The van der Waals surface area contributed by atoms with Gasteiger partial charge in [0.25, 0.3) is 0 Å². The van der Waals surface area contributed by atoms with E-state index in [9.17, 15) is 26.7 Å². The molecule has 2 aromatic rings. The lowest BCUT2D eigenvalue weighted by Gasteiger charge is -2.20. The average molecular weight is 416 g/mol. The molecule has 1 amide bonds. The zero-order chi connectivity index (χ0) is 21.2. The fourth-order valence-corrected chi connectivity index (χ4v) is 2.78. The lowest BCUT2D eigenvalue weighted by Crippen LogP contribution is -2.54. The van der Waals surface area contributed by atoms with Gasteiger partial charge in [-0.2, -0.15) is 13.2 Å². The molecule has 0 bridgehead atoms. The van der Waals surface area contributed by atoms with E-state index < -0.39 is 40.5 Å². The molecule has 1 atom stereocenters. The van der Waals surface area contributed by atoms with Crippen LogP contribution < -0.4 is 16.4 Å². The molecule has 0 radical (unpaired) electrons. The van der Waals surface area contributed by atoms with Crippen LogP contribution in [-0.2, 0) is 22.3 Å². The third-order valence-electron chi connectivity index (χ3n) is 4.40. The van der Waals surface area contributed by atoms with Crippen molar-refractivity contribution in [2.45, 2.75) is 24.7 Å². The van der Waals surface area contributed by atoms with Crippen molar-refractivity contribution in [2.24, 2.45) is 5.73 Å². The van der Waals surface area contributed by atoms with Crippen LogP contribution in [0.1, 0.15) is 17.7 Å². The number of hydrogen-bond donors (Lipinski definition) is 3. The van der Waals surface area contributed by atoms with Gasteiger partial charge in [0.05, 0.1) is 42.0 Å². The van der Waals surface area contributed by atoms with E-state index in [1.54, 1.807) is 0 Å². The fourth-order valence-electron chi connectivity index (χ4n) is 2.78. The van der Waals surface area contributed by atoms with Crippen LogP contribution in [0.4, 0.5) is 33.3 Å². The van der Waals surface area contributed by atoms with Gasteiger partial charge in [-0.1, -0.05) is 0 Å². The lowest BCUT2D eigenvalue weighted by molar-refractivity contribution is -0.137. The molecule has 11 heteroatoms. The molecule has 0 spiro atoms. The predicted molar refractivity (Wildman–Crippen MR) is 93.1 cm³/mol. The number of anilines is 2. The van der Waals surface area contributed by atoms with Crippen LogP contribution in [0.5, 0.6) is 0 Å². The highest BCUT2D eigenvalue weighted by molar-refractivity contribution is 5.86. The number of hydrogen-bond acceptors (Lipinski definition) is 5. The Labute approximate surface area is 162 Å². The van der Waals surface area contributed by atoms with Gasteiger partial charge < -0.3 is 21.1 Å². The largest absolute Gasteiger partial charge is 0.418 e. The van der Waals surface area contributed by atoms with Crippen LogP contribution >= 0.6 is 0 Å². The number of carbonyl (C=O) groups excluding carboxylic acids is 1. The molecule has 1 saturated heterocycles. The molecular weight excluding hydrogens is 399 g/mol. The van der Waals surface area contributed by atoms with Gasteiger partial charge in [-0.15, -0.1) is 0 Å². The zero-order valence-corrected chi connectivity index (χ0v) is 14.9. The Kier molecular flexibility index (Phi) is 5.71. The summed E-state index contributed by atoms with van der Waals surface area (Å²) >= 11 is 0. The zero-order valence-electron chi connectivity index (χ0n) is 14.9. The quantitative estimate of drug-likeness (QED) is 0.653. The number of nitrogens with one attached hydrogen (secondary N) is 2. The van der Waals surface area contributed by atoms with E-state index >= 15 is 0 Å². The number of pyridine rings is 1. The monoisotopic (exact) mass is 416 g/mol. The number of alkyl halides is 3. The highest BCUT2D eigenvalue weighted by atomic mass is 19.4. The number of halogens is 5. The number of rotatable bonds is 5. The van der Waals surface area contributed by atoms with Crippen molar-refractivity contribution in [1.82, 2.24) is 10.3 Å². The number of nitrogens with two attached hydrogens (primary N) is 1. The number of benzene rings is 1. The van der Waals surface area contributed by atoms with Crippen LogP contribution in [0, 0.1) is 11.6 Å². The normalized spacial score (nSPS) is 19.2. The van der Waals surface area contributed by atoms with Crippen molar-refractivity contribution < 1.29 is 31.5 Å². The number of aromatic nitrogens is 1. The van der Waals surface area contributed by atoms with E-state index in [0.717, 1.165) is 24.4 Å². The minimum Gasteiger partial charge on any atom is -0.379 e. The molecule has 0 aliphatic carbocycles. The summed E-state index contributed by atoms with van der Waals surface area (Å²) in [5, 5.41) is 4.85. The summed E-state index contributed by atoms with van der Waals surface area (Å²) in [5.41, 5.74) is 2.82. The Morgan fingerprint density at radius 2 is 2.03 bits per heavy atom. The first-order valence-electron chi connectivity index (χ1n) is 8.52. The van der Waals surface area contributed by atoms with Gasteiger partial charge in [-0.25, -0.2) is 8.78 Å². The molecule has 2 heterocycles. The van der Waals surface area contributed by atoms with Crippen LogP contribution in [0.2, 0.25) is 0 Å². The van der Waals surface area contributed by atoms with Crippen molar-refractivity contribution in [3.8, 4) is 0 Å². The topological polar surface area (TPSA) is 89.3 Å². The summed E-state index contributed by atoms with van der Waals surface area (Å²) in [7, 11) is 0. The fraction of sp³-hybridized carbons (Fsp3) is 0.333. The first-order chi connectivity index (χ1) is 13.6. The van der Waals surface area contributed by atoms with Gasteiger partial charge >= 0.3 is 6.18 Å². The highest BCUT2D eigenvalue weighted by Gasteiger charge is 2.38. The van der Waals surface area contributed by atoms with E-state index in [-0.39, 0.29) is 24.5 Å². The molecule has 1 aromatic heterocycles. The predicted octanol–water partition coefficient (Wildman–Crippen LogP) is 2.86. The van der Waals surface area contributed by atoms with Crippen LogP contribution in [-0.4, -0.2) is 29.6 Å². The third-order valence-corrected chi connectivity index (χ3v) is 4.40. The molecule has 1 aliphatic heterocycles. The van der Waals surface area contributed by atoms with Crippen molar-refractivity contribution >= 4 is 17.3 Å². The van der Waals surface area contributed by atoms with Gasteiger partial charge in [0.1, 0.15) is 17.2 Å². The second-order valence-electron chi connectivity index (χ2n) is 6.61. The Bertz CT molecular complexity index is 914. The molecule has 4 N–H and O–H groups in total. The van der Waals surface area contributed by atoms with Gasteiger partial charge in [0.2, 0.25) is 5.91 Å². The number of nitrogens with zero attached hydrogens (tertiary/aromatic N) is 1. The molecule has 1 fully saturated rings. The number of amides is 1. The summed E-state index contributed by atoms with van der Waals surface area (Å²) in [6, 6.07) is 3.01.